The number of nitrogens with one attached hydrogen (secondary N) is 2. The van der Waals surface area contributed by atoms with Gasteiger partial charge in [-0.1, -0.05) is 43.6 Å². The van der Waals surface area contributed by atoms with Crippen molar-refractivity contribution in [3.05, 3.63) is 34.9 Å². The van der Waals surface area contributed by atoms with E-state index in [-0.39, 0.29) is 23.7 Å². The summed E-state index contributed by atoms with van der Waals surface area (Å²) in [5, 5.41) is 7.52. The van der Waals surface area contributed by atoms with E-state index < -0.39 is 0 Å². The molecule has 0 aliphatic carbocycles. The summed E-state index contributed by atoms with van der Waals surface area (Å²) in [6.07, 6.45) is 5.52. The predicted octanol–water partition coefficient (Wildman–Crippen LogP) is 4.08. The molecule has 134 valence electrons. The van der Waals surface area contributed by atoms with Gasteiger partial charge in [0.15, 0.2) is 0 Å². The van der Waals surface area contributed by atoms with E-state index >= 15 is 0 Å². The number of fused-ring (bicyclic) bond motifs is 2. The molecule has 2 fully saturated rings. The zero-order chi connectivity index (χ0) is 16.4. The van der Waals surface area contributed by atoms with Crippen LogP contribution in [0.2, 0.25) is 5.02 Å². The molecule has 1 aromatic rings. The van der Waals surface area contributed by atoms with Crippen LogP contribution in [0.5, 0.6) is 0 Å². The van der Waals surface area contributed by atoms with Crippen molar-refractivity contribution in [2.45, 2.75) is 63.5 Å². The van der Waals surface area contributed by atoms with Gasteiger partial charge < -0.3 is 10.6 Å². The molecular formula is C19H28Cl2N2O. The monoisotopic (exact) mass is 370 g/mol. The van der Waals surface area contributed by atoms with Crippen molar-refractivity contribution in [3.63, 3.8) is 0 Å². The van der Waals surface area contributed by atoms with Gasteiger partial charge in [-0.25, -0.2) is 0 Å². The Kier molecular flexibility index (Phi) is 6.58. The van der Waals surface area contributed by atoms with Crippen molar-refractivity contribution >= 4 is 29.9 Å². The minimum absolute atomic E-state index is 0. The van der Waals surface area contributed by atoms with Gasteiger partial charge in [-0.15, -0.1) is 12.4 Å². The highest BCUT2D eigenvalue weighted by atomic mass is 35.5. The molecule has 0 saturated carbocycles. The number of carbonyl (C=O) groups excluding carboxylic acids is 1. The number of halogens is 2. The normalized spacial score (nSPS) is 25.9. The first kappa shape index (κ1) is 19.6. The van der Waals surface area contributed by atoms with Gasteiger partial charge in [-0.2, -0.15) is 0 Å². The minimum Gasteiger partial charge on any atom is -0.355 e. The van der Waals surface area contributed by atoms with E-state index in [0.29, 0.717) is 31.0 Å². The molecule has 3 nitrogen and oxygen atoms in total. The predicted molar refractivity (Wildman–Crippen MR) is 102 cm³/mol. The molecule has 2 atom stereocenters. The van der Waals surface area contributed by atoms with Gasteiger partial charge in [-0.3, -0.25) is 4.79 Å². The molecule has 24 heavy (non-hydrogen) atoms. The maximum Gasteiger partial charge on any atom is 0.220 e. The lowest BCUT2D eigenvalue weighted by Crippen LogP contribution is -2.41. The van der Waals surface area contributed by atoms with E-state index in [0.717, 1.165) is 23.4 Å². The Labute approximate surface area is 156 Å². The van der Waals surface area contributed by atoms with E-state index in [1.54, 1.807) is 0 Å². The van der Waals surface area contributed by atoms with Gasteiger partial charge in [0, 0.05) is 35.5 Å². The van der Waals surface area contributed by atoms with Gasteiger partial charge in [0.2, 0.25) is 5.91 Å². The van der Waals surface area contributed by atoms with Gasteiger partial charge in [0.1, 0.15) is 0 Å². The SMILES string of the molecule is CC(C)(CNC(=O)CC1CC2CCC(C1)N2)c1ccccc1Cl.Cl. The minimum atomic E-state index is -0.166. The molecule has 2 aliphatic heterocycles. The molecule has 2 bridgehead atoms. The lowest BCUT2D eigenvalue weighted by Gasteiger charge is -2.30. The Bertz CT molecular complexity index is 564. The highest BCUT2D eigenvalue weighted by Gasteiger charge is 2.34. The number of amides is 1. The average molecular weight is 371 g/mol. The molecule has 2 aliphatic rings. The summed E-state index contributed by atoms with van der Waals surface area (Å²) in [6, 6.07) is 9.17. The molecule has 5 heteroatoms. The van der Waals surface area contributed by atoms with Crippen LogP contribution < -0.4 is 10.6 Å². The maximum atomic E-state index is 12.3. The van der Waals surface area contributed by atoms with Gasteiger partial charge in [0.05, 0.1) is 0 Å². The molecule has 0 radical (unpaired) electrons. The molecule has 1 amide bonds. The number of hydrogen-bond acceptors (Lipinski definition) is 2. The quantitative estimate of drug-likeness (QED) is 0.819. The second-order valence-electron chi connectivity index (χ2n) is 7.82. The number of piperidine rings is 1. The largest absolute Gasteiger partial charge is 0.355 e. The van der Waals surface area contributed by atoms with Crippen molar-refractivity contribution < 1.29 is 4.79 Å². The standard InChI is InChI=1S/C19H27ClN2O.ClH/c1-19(2,16-5-3-4-6-17(16)20)12-21-18(23)11-13-9-14-7-8-15(10-13)22-14;/h3-6,13-15,22H,7-12H2,1-2H3,(H,21,23);1H. The van der Waals surface area contributed by atoms with E-state index in [4.69, 9.17) is 11.6 Å². The van der Waals surface area contributed by atoms with Gasteiger partial charge in [-0.05, 0) is 43.2 Å². The van der Waals surface area contributed by atoms with E-state index in [1.165, 1.54) is 12.8 Å². The molecule has 2 N–H and O–H groups in total. The molecule has 2 heterocycles. The number of carbonyl (C=O) groups is 1. The van der Waals surface area contributed by atoms with Crippen molar-refractivity contribution in [1.29, 1.82) is 0 Å². The summed E-state index contributed by atoms with van der Waals surface area (Å²) >= 11 is 6.30. The van der Waals surface area contributed by atoms with Crippen LogP contribution >= 0.6 is 24.0 Å². The van der Waals surface area contributed by atoms with Crippen LogP contribution in [-0.4, -0.2) is 24.5 Å². The zero-order valence-electron chi connectivity index (χ0n) is 14.5. The van der Waals surface area contributed by atoms with Crippen LogP contribution in [-0.2, 0) is 10.2 Å². The highest BCUT2D eigenvalue weighted by molar-refractivity contribution is 6.31. The molecule has 3 rings (SSSR count). The summed E-state index contributed by atoms with van der Waals surface area (Å²) in [6.45, 7) is 4.87. The Morgan fingerprint density at radius 2 is 1.88 bits per heavy atom. The topological polar surface area (TPSA) is 41.1 Å². The Balaban J connectivity index is 0.00000208. The Hall–Kier alpha value is -0.770. The number of hydrogen-bond donors (Lipinski definition) is 2. The molecule has 0 spiro atoms. The lowest BCUT2D eigenvalue weighted by molar-refractivity contribution is -0.122. The number of rotatable bonds is 5. The fourth-order valence-electron chi connectivity index (χ4n) is 4.10. The van der Waals surface area contributed by atoms with E-state index in [1.807, 2.05) is 24.3 Å². The molecule has 2 unspecified atom stereocenters. The molecule has 0 aromatic heterocycles. The maximum absolute atomic E-state index is 12.3. The zero-order valence-corrected chi connectivity index (χ0v) is 16.1. The summed E-state index contributed by atoms with van der Waals surface area (Å²) in [4.78, 5) is 12.3. The second-order valence-corrected chi connectivity index (χ2v) is 8.23. The van der Waals surface area contributed by atoms with Crippen molar-refractivity contribution in [2.75, 3.05) is 6.54 Å². The van der Waals surface area contributed by atoms with Crippen molar-refractivity contribution in [2.24, 2.45) is 5.92 Å². The third kappa shape index (κ3) is 4.65. The second kappa shape index (κ2) is 8.07. The Morgan fingerprint density at radius 3 is 2.50 bits per heavy atom. The van der Waals surface area contributed by atoms with Crippen molar-refractivity contribution in [1.82, 2.24) is 10.6 Å². The lowest BCUT2D eigenvalue weighted by atomic mass is 9.84. The summed E-state index contributed by atoms with van der Waals surface area (Å²) in [5.74, 6) is 0.716. The third-order valence-electron chi connectivity index (χ3n) is 5.38. The van der Waals surface area contributed by atoms with Crippen LogP contribution in [0.4, 0.5) is 0 Å². The smallest absolute Gasteiger partial charge is 0.220 e. The highest BCUT2D eigenvalue weighted by Crippen LogP contribution is 2.33. The summed E-state index contributed by atoms with van der Waals surface area (Å²) in [7, 11) is 0. The molecule has 2 saturated heterocycles. The average Bonchev–Trinajstić information content (AvgIpc) is 2.84. The summed E-state index contributed by atoms with van der Waals surface area (Å²) in [5.41, 5.74) is 0.920. The van der Waals surface area contributed by atoms with Gasteiger partial charge >= 0.3 is 0 Å². The number of benzene rings is 1. The molecular weight excluding hydrogens is 343 g/mol. The van der Waals surface area contributed by atoms with Gasteiger partial charge in [0.25, 0.3) is 0 Å². The fourth-order valence-corrected chi connectivity index (χ4v) is 4.49. The molecule has 1 aromatic carbocycles. The Morgan fingerprint density at radius 1 is 1.25 bits per heavy atom. The van der Waals surface area contributed by atoms with Crippen LogP contribution in [0, 0.1) is 5.92 Å². The van der Waals surface area contributed by atoms with E-state index in [2.05, 4.69) is 24.5 Å². The fraction of sp³-hybridized carbons (Fsp3) is 0.632. The summed E-state index contributed by atoms with van der Waals surface area (Å²) < 4.78 is 0. The van der Waals surface area contributed by atoms with Crippen LogP contribution in [0.1, 0.15) is 51.5 Å². The van der Waals surface area contributed by atoms with E-state index in [9.17, 15) is 4.79 Å². The first-order valence-corrected chi connectivity index (χ1v) is 9.09. The first-order valence-electron chi connectivity index (χ1n) is 8.72. The van der Waals surface area contributed by atoms with Crippen LogP contribution in [0.3, 0.4) is 0 Å². The first-order chi connectivity index (χ1) is 10.9. The van der Waals surface area contributed by atoms with Crippen LogP contribution in [0.25, 0.3) is 0 Å². The third-order valence-corrected chi connectivity index (χ3v) is 5.70. The van der Waals surface area contributed by atoms with Crippen LogP contribution in [0.15, 0.2) is 24.3 Å². The van der Waals surface area contributed by atoms with Crippen molar-refractivity contribution in [3.8, 4) is 0 Å².